The van der Waals surface area contributed by atoms with Gasteiger partial charge in [-0.2, -0.15) is 15.0 Å². The van der Waals surface area contributed by atoms with Crippen LogP contribution in [0.15, 0.2) is 96.4 Å². The van der Waals surface area contributed by atoms with Crippen LogP contribution < -0.4 is 16.0 Å². The summed E-state index contributed by atoms with van der Waals surface area (Å²) in [6.07, 6.45) is 3.33. The van der Waals surface area contributed by atoms with Crippen molar-refractivity contribution in [3.05, 3.63) is 118 Å². The van der Waals surface area contributed by atoms with Crippen LogP contribution in [0.1, 0.15) is 15.2 Å². The predicted molar refractivity (Wildman–Crippen MR) is 147 cm³/mol. The predicted octanol–water partition coefficient (Wildman–Crippen LogP) is 7.34. The summed E-state index contributed by atoms with van der Waals surface area (Å²) in [4.78, 5) is 26.7. The average Bonchev–Trinajstić information content (AvgIpc) is 3.44. The summed E-state index contributed by atoms with van der Waals surface area (Å²) in [5.41, 5.74) is 2.34. The number of carbonyl (C=O) groups excluding carboxylic acids is 1. The molecule has 0 fully saturated rings. The number of aromatic nitrogens is 3. The third-order valence-electron chi connectivity index (χ3n) is 5.20. The Morgan fingerprint density at radius 2 is 1.11 bits per heavy atom. The molecular weight excluding hydrogens is 506 g/mol. The summed E-state index contributed by atoms with van der Waals surface area (Å²) in [6, 6.07) is 22.3. The van der Waals surface area contributed by atoms with Crippen molar-refractivity contribution in [3.63, 3.8) is 0 Å². The van der Waals surface area contributed by atoms with Crippen molar-refractivity contribution in [2.75, 3.05) is 16.0 Å². The van der Waals surface area contributed by atoms with Gasteiger partial charge in [-0.1, -0.05) is 6.07 Å². The van der Waals surface area contributed by atoms with E-state index in [1.807, 2.05) is 17.5 Å². The zero-order chi connectivity index (χ0) is 26.3. The van der Waals surface area contributed by atoms with Gasteiger partial charge in [-0.3, -0.25) is 4.79 Å². The fourth-order valence-corrected chi connectivity index (χ4v) is 3.97. The first kappa shape index (κ1) is 24.7. The molecule has 5 aromatic rings. The number of ketones is 1. The highest BCUT2D eigenvalue weighted by Gasteiger charge is 2.10. The van der Waals surface area contributed by atoms with Crippen LogP contribution >= 0.6 is 11.3 Å². The SMILES string of the molecule is O=C(/C=C/c1cccs1)c1ccc(Nc2nc(Nc3ccc(F)cc3)nc(Nc3ccc(F)cc3)n2)cc1. The van der Waals surface area contributed by atoms with E-state index >= 15 is 0 Å². The molecule has 0 aliphatic carbocycles. The number of carbonyl (C=O) groups is 1. The van der Waals surface area contributed by atoms with Crippen molar-refractivity contribution in [1.29, 1.82) is 0 Å². The van der Waals surface area contributed by atoms with Crippen LogP contribution in [0.3, 0.4) is 0 Å². The Bertz CT molecular complexity index is 1490. The molecule has 3 aromatic carbocycles. The van der Waals surface area contributed by atoms with Gasteiger partial charge in [-0.15, -0.1) is 11.3 Å². The van der Waals surface area contributed by atoms with Gasteiger partial charge >= 0.3 is 0 Å². The zero-order valence-corrected chi connectivity index (χ0v) is 20.5. The minimum absolute atomic E-state index is 0.110. The number of anilines is 6. The smallest absolute Gasteiger partial charge is 0.233 e. The summed E-state index contributed by atoms with van der Waals surface area (Å²) in [6.45, 7) is 0. The van der Waals surface area contributed by atoms with Gasteiger partial charge < -0.3 is 16.0 Å². The van der Waals surface area contributed by atoms with E-state index in [-0.39, 0.29) is 35.3 Å². The van der Waals surface area contributed by atoms with Gasteiger partial charge in [0, 0.05) is 27.5 Å². The lowest BCUT2D eigenvalue weighted by Gasteiger charge is -2.12. The number of halogens is 2. The molecule has 0 aliphatic rings. The maximum absolute atomic E-state index is 13.3. The third-order valence-corrected chi connectivity index (χ3v) is 6.04. The van der Waals surface area contributed by atoms with E-state index in [1.165, 1.54) is 24.3 Å². The normalized spacial score (nSPS) is 10.9. The number of benzene rings is 3. The topological polar surface area (TPSA) is 91.8 Å². The Labute approximate surface area is 221 Å². The van der Waals surface area contributed by atoms with Crippen LogP contribution in [0.5, 0.6) is 0 Å². The molecule has 0 atom stereocenters. The molecule has 0 aliphatic heterocycles. The lowest BCUT2D eigenvalue weighted by Crippen LogP contribution is -2.07. The van der Waals surface area contributed by atoms with Gasteiger partial charge in [0.25, 0.3) is 0 Å². The first-order valence-electron chi connectivity index (χ1n) is 11.4. The highest BCUT2D eigenvalue weighted by Crippen LogP contribution is 2.22. The molecule has 10 heteroatoms. The van der Waals surface area contributed by atoms with Gasteiger partial charge in [-0.05, 0) is 96.4 Å². The largest absolute Gasteiger partial charge is 0.324 e. The van der Waals surface area contributed by atoms with E-state index in [1.54, 1.807) is 72.0 Å². The van der Waals surface area contributed by atoms with E-state index in [0.29, 0.717) is 22.6 Å². The lowest BCUT2D eigenvalue weighted by molar-refractivity contribution is 0.104. The summed E-state index contributed by atoms with van der Waals surface area (Å²) in [7, 11) is 0. The number of thiophene rings is 1. The molecule has 2 aromatic heterocycles. The lowest BCUT2D eigenvalue weighted by atomic mass is 10.1. The second-order valence-corrected chi connectivity index (χ2v) is 8.96. The summed E-state index contributed by atoms with van der Waals surface area (Å²) in [5, 5.41) is 11.1. The molecule has 0 saturated heterocycles. The zero-order valence-electron chi connectivity index (χ0n) is 19.7. The Kier molecular flexibility index (Phi) is 7.42. The van der Waals surface area contributed by atoms with Gasteiger partial charge in [-0.25, -0.2) is 8.78 Å². The van der Waals surface area contributed by atoms with E-state index in [2.05, 4.69) is 30.9 Å². The first-order valence-corrected chi connectivity index (χ1v) is 12.3. The summed E-state index contributed by atoms with van der Waals surface area (Å²) >= 11 is 1.56. The molecule has 0 saturated carbocycles. The number of hydrogen-bond donors (Lipinski definition) is 3. The fourth-order valence-electron chi connectivity index (χ4n) is 3.36. The Hall–Kier alpha value is -4.96. The summed E-state index contributed by atoms with van der Waals surface area (Å²) in [5.74, 6) is -0.228. The van der Waals surface area contributed by atoms with E-state index in [9.17, 15) is 13.6 Å². The number of nitrogens with one attached hydrogen (secondary N) is 3. The molecule has 38 heavy (non-hydrogen) atoms. The molecule has 0 radical (unpaired) electrons. The molecule has 2 heterocycles. The van der Waals surface area contributed by atoms with E-state index in [4.69, 9.17) is 0 Å². The molecule has 0 spiro atoms. The molecular formula is C28H20F2N6OS. The van der Waals surface area contributed by atoms with Crippen LogP contribution in [0.2, 0.25) is 0 Å². The van der Waals surface area contributed by atoms with E-state index in [0.717, 1.165) is 4.88 Å². The maximum atomic E-state index is 13.3. The molecule has 0 amide bonds. The minimum Gasteiger partial charge on any atom is -0.324 e. The van der Waals surface area contributed by atoms with Crippen molar-refractivity contribution in [2.45, 2.75) is 0 Å². The van der Waals surface area contributed by atoms with Crippen LogP contribution in [0.4, 0.5) is 43.7 Å². The number of hydrogen-bond acceptors (Lipinski definition) is 8. The van der Waals surface area contributed by atoms with Gasteiger partial charge in [0.1, 0.15) is 11.6 Å². The standard InChI is InChI=1S/C28H20F2N6OS/c29-19-5-11-22(12-6-19)32-27-34-26(35-28(36-27)33-23-13-7-20(30)8-14-23)31-21-9-3-18(4-10-21)25(37)16-15-24-2-1-17-38-24/h1-17H,(H3,31,32,33,34,35,36)/b16-15+. The van der Waals surface area contributed by atoms with Crippen LogP contribution in [-0.4, -0.2) is 20.7 Å². The van der Waals surface area contributed by atoms with Crippen molar-refractivity contribution in [1.82, 2.24) is 15.0 Å². The van der Waals surface area contributed by atoms with Gasteiger partial charge in [0.15, 0.2) is 5.78 Å². The molecule has 7 nitrogen and oxygen atoms in total. The monoisotopic (exact) mass is 526 g/mol. The first-order chi connectivity index (χ1) is 18.5. The molecule has 0 bridgehead atoms. The van der Waals surface area contributed by atoms with Crippen LogP contribution in [0, 0.1) is 11.6 Å². The third kappa shape index (κ3) is 6.62. The van der Waals surface area contributed by atoms with Crippen LogP contribution in [0.25, 0.3) is 6.08 Å². The molecule has 188 valence electrons. The quantitative estimate of drug-likeness (QED) is 0.137. The van der Waals surface area contributed by atoms with Crippen molar-refractivity contribution >= 4 is 58.1 Å². The Balaban J connectivity index is 1.36. The van der Waals surface area contributed by atoms with Crippen molar-refractivity contribution < 1.29 is 13.6 Å². The van der Waals surface area contributed by atoms with Crippen molar-refractivity contribution in [3.8, 4) is 0 Å². The van der Waals surface area contributed by atoms with Gasteiger partial charge in [0.05, 0.1) is 0 Å². The average molecular weight is 527 g/mol. The second kappa shape index (κ2) is 11.4. The highest BCUT2D eigenvalue weighted by molar-refractivity contribution is 7.10. The van der Waals surface area contributed by atoms with Gasteiger partial charge in [0.2, 0.25) is 17.8 Å². The van der Waals surface area contributed by atoms with Crippen LogP contribution in [-0.2, 0) is 0 Å². The minimum atomic E-state index is -0.365. The fraction of sp³-hybridized carbons (Fsp3) is 0. The van der Waals surface area contributed by atoms with Crippen molar-refractivity contribution in [2.24, 2.45) is 0 Å². The highest BCUT2D eigenvalue weighted by atomic mass is 32.1. The number of nitrogens with zero attached hydrogens (tertiary/aromatic N) is 3. The maximum Gasteiger partial charge on any atom is 0.233 e. The molecule has 5 rings (SSSR count). The molecule has 3 N–H and O–H groups in total. The molecule has 0 unspecified atom stereocenters. The Morgan fingerprint density at radius 3 is 1.53 bits per heavy atom. The summed E-state index contributed by atoms with van der Waals surface area (Å²) < 4.78 is 26.6. The Morgan fingerprint density at radius 1 is 0.658 bits per heavy atom. The number of allylic oxidation sites excluding steroid dienone is 1. The van der Waals surface area contributed by atoms with E-state index < -0.39 is 0 Å². The number of rotatable bonds is 9. The second-order valence-electron chi connectivity index (χ2n) is 7.99.